The van der Waals surface area contributed by atoms with Crippen LogP contribution in [0.1, 0.15) is 13.8 Å². The lowest BCUT2D eigenvalue weighted by Gasteiger charge is -2.07. The Morgan fingerprint density at radius 3 is 2.46 bits per heavy atom. The van der Waals surface area contributed by atoms with E-state index in [0.717, 1.165) is 5.75 Å². The van der Waals surface area contributed by atoms with E-state index in [1.165, 1.54) is 18.7 Å². The SMILES string of the molecule is CCSCCS(=O)(=O)C(C)C(=O)O. The van der Waals surface area contributed by atoms with Crippen LogP contribution in [0.25, 0.3) is 0 Å². The minimum Gasteiger partial charge on any atom is -0.480 e. The fourth-order valence-electron chi connectivity index (χ4n) is 0.650. The molecule has 0 aromatic rings. The molecule has 78 valence electrons. The minimum atomic E-state index is -3.45. The highest BCUT2D eigenvalue weighted by Crippen LogP contribution is 2.06. The Kier molecular flexibility index (Phi) is 5.39. The molecule has 4 nitrogen and oxygen atoms in total. The van der Waals surface area contributed by atoms with E-state index in [1.54, 1.807) is 0 Å². The highest BCUT2D eigenvalue weighted by atomic mass is 32.2. The maximum absolute atomic E-state index is 11.3. The topological polar surface area (TPSA) is 71.4 Å². The standard InChI is InChI=1S/C7H14O4S2/c1-3-12-4-5-13(10,11)6(2)7(8)9/h6H,3-5H2,1-2H3,(H,8,9). The third-order valence-electron chi connectivity index (χ3n) is 1.60. The third kappa shape index (κ3) is 4.52. The molecule has 0 rings (SSSR count). The number of carboxylic acids is 1. The van der Waals surface area contributed by atoms with Crippen molar-refractivity contribution in [3.05, 3.63) is 0 Å². The van der Waals surface area contributed by atoms with Crippen LogP contribution >= 0.6 is 11.8 Å². The Morgan fingerprint density at radius 2 is 2.08 bits per heavy atom. The molecule has 0 aromatic carbocycles. The van der Waals surface area contributed by atoms with Crippen LogP contribution in [0.2, 0.25) is 0 Å². The lowest BCUT2D eigenvalue weighted by molar-refractivity contribution is -0.136. The average Bonchev–Trinajstić information content (AvgIpc) is 2.03. The zero-order valence-corrected chi connectivity index (χ0v) is 9.32. The van der Waals surface area contributed by atoms with Crippen molar-refractivity contribution in [2.75, 3.05) is 17.3 Å². The first-order valence-corrected chi connectivity index (χ1v) is 6.81. The molecule has 13 heavy (non-hydrogen) atoms. The molecule has 0 radical (unpaired) electrons. The van der Waals surface area contributed by atoms with Crippen molar-refractivity contribution in [2.45, 2.75) is 19.1 Å². The van der Waals surface area contributed by atoms with Gasteiger partial charge in [-0.1, -0.05) is 6.92 Å². The maximum Gasteiger partial charge on any atom is 0.321 e. The van der Waals surface area contributed by atoms with Crippen LogP contribution in [0, 0.1) is 0 Å². The molecular formula is C7H14O4S2. The number of sulfone groups is 1. The van der Waals surface area contributed by atoms with Gasteiger partial charge >= 0.3 is 5.97 Å². The number of carboxylic acid groups (broad SMARTS) is 1. The summed E-state index contributed by atoms with van der Waals surface area (Å²) < 4.78 is 22.5. The second-order valence-corrected chi connectivity index (χ2v) is 6.38. The molecule has 0 spiro atoms. The van der Waals surface area contributed by atoms with Gasteiger partial charge < -0.3 is 5.11 Å². The van der Waals surface area contributed by atoms with Gasteiger partial charge in [-0.15, -0.1) is 0 Å². The number of rotatable bonds is 6. The van der Waals surface area contributed by atoms with Crippen LogP contribution in [-0.4, -0.2) is 42.0 Å². The molecule has 1 atom stereocenters. The van der Waals surface area contributed by atoms with Crippen LogP contribution in [0.5, 0.6) is 0 Å². The summed E-state index contributed by atoms with van der Waals surface area (Å²) in [5.74, 6) is -0.0200. The van der Waals surface area contributed by atoms with Crippen molar-refractivity contribution in [3.63, 3.8) is 0 Å². The lowest BCUT2D eigenvalue weighted by Crippen LogP contribution is -2.29. The van der Waals surface area contributed by atoms with E-state index in [0.29, 0.717) is 5.75 Å². The fraction of sp³-hybridized carbons (Fsp3) is 0.857. The van der Waals surface area contributed by atoms with Crippen LogP contribution in [0.3, 0.4) is 0 Å². The van der Waals surface area contributed by atoms with E-state index in [2.05, 4.69) is 0 Å². The van der Waals surface area contributed by atoms with Gasteiger partial charge in [-0.05, 0) is 12.7 Å². The molecule has 0 bridgehead atoms. The van der Waals surface area contributed by atoms with E-state index in [1.807, 2.05) is 6.92 Å². The molecule has 1 N–H and O–H groups in total. The molecule has 0 aliphatic rings. The van der Waals surface area contributed by atoms with Crippen molar-refractivity contribution in [1.82, 2.24) is 0 Å². The van der Waals surface area contributed by atoms with E-state index in [9.17, 15) is 13.2 Å². The lowest BCUT2D eigenvalue weighted by atomic mass is 10.5. The summed E-state index contributed by atoms with van der Waals surface area (Å²) in [6, 6.07) is 0. The molecule has 1 unspecified atom stereocenters. The summed E-state index contributed by atoms with van der Waals surface area (Å²) in [7, 11) is -3.45. The van der Waals surface area contributed by atoms with Crippen LogP contribution in [0.4, 0.5) is 0 Å². The van der Waals surface area contributed by atoms with Gasteiger partial charge in [0, 0.05) is 5.75 Å². The molecule has 0 aliphatic carbocycles. The van der Waals surface area contributed by atoms with Crippen molar-refractivity contribution in [1.29, 1.82) is 0 Å². The molecule has 0 saturated heterocycles. The fourth-order valence-corrected chi connectivity index (χ4v) is 3.00. The summed E-state index contributed by atoms with van der Waals surface area (Å²) in [4.78, 5) is 10.4. The van der Waals surface area contributed by atoms with E-state index >= 15 is 0 Å². The quantitative estimate of drug-likeness (QED) is 0.672. The smallest absolute Gasteiger partial charge is 0.321 e. The summed E-state index contributed by atoms with van der Waals surface area (Å²) >= 11 is 1.49. The number of thioether (sulfide) groups is 1. The van der Waals surface area contributed by atoms with Crippen LogP contribution < -0.4 is 0 Å². The third-order valence-corrected chi connectivity index (χ3v) is 4.81. The normalized spacial score (nSPS) is 14.0. The zero-order chi connectivity index (χ0) is 10.5. The van der Waals surface area contributed by atoms with Crippen LogP contribution in [0.15, 0.2) is 0 Å². The van der Waals surface area contributed by atoms with Gasteiger partial charge in [-0.2, -0.15) is 11.8 Å². The van der Waals surface area contributed by atoms with E-state index < -0.39 is 21.1 Å². The largest absolute Gasteiger partial charge is 0.480 e. The number of hydrogen-bond donors (Lipinski definition) is 1. The second-order valence-electron chi connectivity index (χ2n) is 2.54. The molecule has 0 saturated carbocycles. The first-order chi connectivity index (χ1) is 5.91. The van der Waals surface area contributed by atoms with Gasteiger partial charge in [0.1, 0.15) is 0 Å². The number of carbonyl (C=O) groups is 1. The molecular weight excluding hydrogens is 212 g/mol. The molecule has 0 fully saturated rings. The first-order valence-electron chi connectivity index (χ1n) is 3.94. The van der Waals surface area contributed by atoms with E-state index in [-0.39, 0.29) is 5.75 Å². The summed E-state index contributed by atoms with van der Waals surface area (Å²) in [5, 5.41) is 7.20. The Hall–Kier alpha value is -0.230. The molecule has 0 aliphatic heterocycles. The Labute approximate surface area is 82.6 Å². The Bertz CT molecular complexity index is 258. The highest BCUT2D eigenvalue weighted by Gasteiger charge is 2.26. The first kappa shape index (κ1) is 12.8. The van der Waals surface area contributed by atoms with Gasteiger partial charge in [0.25, 0.3) is 0 Å². The molecule has 0 aromatic heterocycles. The maximum atomic E-state index is 11.3. The summed E-state index contributed by atoms with van der Waals surface area (Å²) in [6.07, 6.45) is 0. The number of aliphatic carboxylic acids is 1. The van der Waals surface area contributed by atoms with Crippen LogP contribution in [-0.2, 0) is 14.6 Å². The van der Waals surface area contributed by atoms with Crippen molar-refractivity contribution in [3.8, 4) is 0 Å². The van der Waals surface area contributed by atoms with Gasteiger partial charge in [-0.25, -0.2) is 8.42 Å². The number of hydrogen-bond acceptors (Lipinski definition) is 4. The predicted octanol–water partition coefficient (Wildman–Crippen LogP) is 0.627. The van der Waals surface area contributed by atoms with Gasteiger partial charge in [0.05, 0.1) is 5.75 Å². The van der Waals surface area contributed by atoms with Gasteiger partial charge in [0.2, 0.25) is 0 Å². The second kappa shape index (κ2) is 5.49. The monoisotopic (exact) mass is 226 g/mol. The highest BCUT2D eigenvalue weighted by molar-refractivity contribution is 8.00. The van der Waals surface area contributed by atoms with Gasteiger partial charge in [0.15, 0.2) is 15.1 Å². The summed E-state index contributed by atoms with van der Waals surface area (Å²) in [6.45, 7) is 3.13. The molecule has 6 heteroatoms. The van der Waals surface area contributed by atoms with Gasteiger partial charge in [-0.3, -0.25) is 4.79 Å². The van der Waals surface area contributed by atoms with Crippen molar-refractivity contribution in [2.24, 2.45) is 0 Å². The van der Waals surface area contributed by atoms with Crippen molar-refractivity contribution >= 4 is 27.6 Å². The molecule has 0 heterocycles. The molecule has 0 amide bonds. The zero-order valence-electron chi connectivity index (χ0n) is 7.69. The average molecular weight is 226 g/mol. The Morgan fingerprint density at radius 1 is 1.54 bits per heavy atom. The summed E-state index contributed by atoms with van der Waals surface area (Å²) in [5.41, 5.74) is 0. The van der Waals surface area contributed by atoms with E-state index in [4.69, 9.17) is 5.11 Å². The predicted molar refractivity (Wildman–Crippen MR) is 53.9 cm³/mol. The Balaban J connectivity index is 4.16. The minimum absolute atomic E-state index is 0.0566. The van der Waals surface area contributed by atoms with Crippen molar-refractivity contribution < 1.29 is 18.3 Å².